The van der Waals surface area contributed by atoms with Crippen molar-refractivity contribution in [2.45, 2.75) is 33.6 Å². The molecule has 0 saturated heterocycles. The molecule has 2 aromatic carbocycles. The van der Waals surface area contributed by atoms with Gasteiger partial charge in [0.25, 0.3) is 11.8 Å². The molecule has 3 aromatic rings. The number of nitrogens with one attached hydrogen (secondary N) is 1. The summed E-state index contributed by atoms with van der Waals surface area (Å²) in [5.74, 6) is -1.98. The van der Waals surface area contributed by atoms with Gasteiger partial charge in [0.2, 0.25) is 5.78 Å². The third-order valence-corrected chi connectivity index (χ3v) is 6.05. The second kappa shape index (κ2) is 9.05. The number of aryl methyl sites for hydroxylation is 1. The van der Waals surface area contributed by atoms with Crippen molar-refractivity contribution in [3.8, 4) is 0 Å². The van der Waals surface area contributed by atoms with Gasteiger partial charge in [-0.05, 0) is 50.3 Å². The molecule has 1 aromatic heterocycles. The number of aromatic amines is 1. The summed E-state index contributed by atoms with van der Waals surface area (Å²) in [4.78, 5) is 66.2. The fourth-order valence-electron chi connectivity index (χ4n) is 4.51. The molecule has 1 aliphatic heterocycles. The van der Waals surface area contributed by atoms with Crippen LogP contribution in [0.25, 0.3) is 10.8 Å². The number of hydrogen-bond acceptors (Lipinski definition) is 6. The number of Topliss-reactive ketones (excluding diaryl/α,β-unsaturated/α-hetero) is 2. The fourth-order valence-corrected chi connectivity index (χ4v) is 4.51. The lowest BCUT2D eigenvalue weighted by atomic mass is 9.94. The van der Waals surface area contributed by atoms with Crippen molar-refractivity contribution in [1.82, 2.24) is 9.88 Å². The predicted molar refractivity (Wildman–Crippen MR) is 124 cm³/mol. The minimum Gasteiger partial charge on any atom is -0.457 e. The van der Waals surface area contributed by atoms with E-state index >= 15 is 0 Å². The first-order chi connectivity index (χ1) is 16.2. The number of carbonyl (C=O) groups excluding carboxylic acids is 5. The molecule has 8 nitrogen and oxygen atoms in total. The van der Waals surface area contributed by atoms with E-state index in [2.05, 4.69) is 4.98 Å². The number of ketones is 2. The van der Waals surface area contributed by atoms with Crippen molar-refractivity contribution in [3.05, 3.63) is 70.0 Å². The predicted octanol–water partition coefficient (Wildman–Crippen LogP) is 3.79. The minimum absolute atomic E-state index is 0.0579. The van der Waals surface area contributed by atoms with Crippen LogP contribution in [0.3, 0.4) is 0 Å². The van der Waals surface area contributed by atoms with Gasteiger partial charge < -0.3 is 9.72 Å². The maximum atomic E-state index is 12.9. The van der Waals surface area contributed by atoms with Crippen LogP contribution in [0.2, 0.25) is 0 Å². The Bertz CT molecular complexity index is 1320. The van der Waals surface area contributed by atoms with Gasteiger partial charge in [0.15, 0.2) is 12.4 Å². The standard InChI is InChI=1S/C26H24N2O6/c1-14-22(16(3)29)15(2)27-24(14)20(30)13-34-21(31)11-6-12-28-25(32)18-9-4-7-17-8-5-10-19(23(17)18)26(28)33/h4-5,7-10,27H,6,11-13H2,1-3H3. The van der Waals surface area contributed by atoms with Crippen LogP contribution in [-0.4, -0.2) is 52.4 Å². The van der Waals surface area contributed by atoms with E-state index in [1.54, 1.807) is 38.1 Å². The van der Waals surface area contributed by atoms with E-state index in [4.69, 9.17) is 4.74 Å². The zero-order valence-corrected chi connectivity index (χ0v) is 19.2. The van der Waals surface area contributed by atoms with Gasteiger partial charge >= 0.3 is 5.97 Å². The molecular weight excluding hydrogens is 436 g/mol. The Morgan fingerprint density at radius 3 is 2.15 bits per heavy atom. The maximum Gasteiger partial charge on any atom is 0.306 e. The lowest BCUT2D eigenvalue weighted by Gasteiger charge is -2.27. The van der Waals surface area contributed by atoms with Gasteiger partial charge in [0.05, 0.1) is 5.69 Å². The number of H-pyrrole nitrogens is 1. The molecule has 0 radical (unpaired) electrons. The molecule has 0 unspecified atom stereocenters. The molecule has 174 valence electrons. The Balaban J connectivity index is 1.34. The molecule has 0 bridgehead atoms. The number of imide groups is 1. The summed E-state index contributed by atoms with van der Waals surface area (Å²) in [7, 11) is 0. The molecule has 0 saturated carbocycles. The molecule has 2 amide bonds. The van der Waals surface area contributed by atoms with E-state index in [0.29, 0.717) is 33.3 Å². The number of ether oxygens (including phenoxy) is 1. The van der Waals surface area contributed by atoms with E-state index in [-0.39, 0.29) is 30.9 Å². The van der Waals surface area contributed by atoms with Crippen molar-refractivity contribution in [2.24, 2.45) is 0 Å². The normalized spacial score (nSPS) is 12.9. The summed E-state index contributed by atoms with van der Waals surface area (Å²) in [6.45, 7) is 4.39. The van der Waals surface area contributed by atoms with Gasteiger partial charge in [-0.1, -0.05) is 24.3 Å². The van der Waals surface area contributed by atoms with Crippen LogP contribution in [0, 0.1) is 13.8 Å². The Morgan fingerprint density at radius 1 is 0.971 bits per heavy atom. The van der Waals surface area contributed by atoms with Crippen molar-refractivity contribution < 1.29 is 28.7 Å². The highest BCUT2D eigenvalue weighted by molar-refractivity contribution is 6.25. The van der Waals surface area contributed by atoms with Gasteiger partial charge in [-0.3, -0.25) is 28.9 Å². The molecule has 0 fully saturated rings. The first kappa shape index (κ1) is 23.1. The number of hydrogen-bond donors (Lipinski definition) is 1. The zero-order chi connectivity index (χ0) is 24.6. The average molecular weight is 460 g/mol. The second-order valence-electron chi connectivity index (χ2n) is 8.34. The molecule has 1 aliphatic rings. The first-order valence-electron chi connectivity index (χ1n) is 11.0. The number of rotatable bonds is 8. The summed E-state index contributed by atoms with van der Waals surface area (Å²) < 4.78 is 5.09. The monoisotopic (exact) mass is 460 g/mol. The van der Waals surface area contributed by atoms with Crippen molar-refractivity contribution in [3.63, 3.8) is 0 Å². The molecule has 34 heavy (non-hydrogen) atoms. The number of amides is 2. The van der Waals surface area contributed by atoms with E-state index in [1.165, 1.54) is 6.92 Å². The molecule has 2 heterocycles. The highest BCUT2D eigenvalue weighted by Gasteiger charge is 2.32. The van der Waals surface area contributed by atoms with Gasteiger partial charge in [0.1, 0.15) is 0 Å². The molecule has 0 atom stereocenters. The molecule has 4 rings (SSSR count). The van der Waals surface area contributed by atoms with E-state index in [9.17, 15) is 24.0 Å². The summed E-state index contributed by atoms with van der Waals surface area (Å²) in [5.41, 5.74) is 2.75. The lowest BCUT2D eigenvalue weighted by molar-refractivity contribution is -0.142. The minimum atomic E-state index is -0.611. The third-order valence-electron chi connectivity index (χ3n) is 6.05. The van der Waals surface area contributed by atoms with Gasteiger partial charge in [-0.2, -0.15) is 0 Å². The number of benzene rings is 2. The zero-order valence-electron chi connectivity index (χ0n) is 19.2. The van der Waals surface area contributed by atoms with Crippen LogP contribution in [0.4, 0.5) is 0 Å². The highest BCUT2D eigenvalue weighted by atomic mass is 16.5. The van der Waals surface area contributed by atoms with Crippen molar-refractivity contribution in [1.29, 1.82) is 0 Å². The van der Waals surface area contributed by atoms with Crippen LogP contribution >= 0.6 is 0 Å². The summed E-state index contributed by atoms with van der Waals surface area (Å²) in [6.07, 6.45) is 0.148. The van der Waals surface area contributed by atoms with Crippen LogP contribution in [0.15, 0.2) is 36.4 Å². The fraction of sp³-hybridized carbons (Fsp3) is 0.269. The molecule has 1 N–H and O–H groups in total. The van der Waals surface area contributed by atoms with Crippen LogP contribution in [0.1, 0.15) is 72.6 Å². The van der Waals surface area contributed by atoms with Gasteiger partial charge in [0, 0.05) is 40.7 Å². The highest BCUT2D eigenvalue weighted by Crippen LogP contribution is 2.30. The van der Waals surface area contributed by atoms with Crippen molar-refractivity contribution in [2.75, 3.05) is 13.2 Å². The smallest absolute Gasteiger partial charge is 0.306 e. The molecule has 0 spiro atoms. The lowest BCUT2D eigenvalue weighted by Crippen LogP contribution is -2.41. The van der Waals surface area contributed by atoms with Crippen LogP contribution in [0.5, 0.6) is 0 Å². The van der Waals surface area contributed by atoms with Crippen LogP contribution in [-0.2, 0) is 9.53 Å². The largest absolute Gasteiger partial charge is 0.457 e. The second-order valence-corrected chi connectivity index (χ2v) is 8.34. The Morgan fingerprint density at radius 2 is 1.59 bits per heavy atom. The van der Waals surface area contributed by atoms with Gasteiger partial charge in [-0.15, -0.1) is 0 Å². The number of esters is 1. The average Bonchev–Trinajstić information content (AvgIpc) is 3.11. The van der Waals surface area contributed by atoms with E-state index in [0.717, 1.165) is 10.3 Å². The number of carbonyl (C=O) groups is 5. The first-order valence-corrected chi connectivity index (χ1v) is 11.0. The molecule has 8 heteroatoms. The summed E-state index contributed by atoms with van der Waals surface area (Å²) >= 11 is 0. The van der Waals surface area contributed by atoms with E-state index in [1.807, 2.05) is 12.1 Å². The van der Waals surface area contributed by atoms with E-state index < -0.39 is 30.2 Å². The van der Waals surface area contributed by atoms with Crippen molar-refractivity contribution >= 4 is 40.1 Å². The summed E-state index contributed by atoms with van der Waals surface area (Å²) in [5, 5.41) is 1.48. The quantitative estimate of drug-likeness (QED) is 0.311. The summed E-state index contributed by atoms with van der Waals surface area (Å²) in [6, 6.07) is 10.6. The molecule has 0 aliphatic carbocycles. The Kier molecular flexibility index (Phi) is 6.15. The number of nitrogens with zero attached hydrogens (tertiary/aromatic N) is 1. The Hall–Kier alpha value is -4.07. The topological polar surface area (TPSA) is 114 Å². The third kappa shape index (κ3) is 4.03. The van der Waals surface area contributed by atoms with Gasteiger partial charge in [-0.25, -0.2) is 0 Å². The Labute approximate surface area is 195 Å². The van der Waals surface area contributed by atoms with Crippen LogP contribution < -0.4 is 0 Å². The number of aromatic nitrogens is 1. The maximum absolute atomic E-state index is 12.9. The SMILES string of the molecule is CC(=O)c1c(C)[nH]c(C(=O)COC(=O)CCCN2C(=O)c3cccc4cccc(c34)C2=O)c1C. The molecular formula is C26H24N2O6.